The van der Waals surface area contributed by atoms with Crippen molar-refractivity contribution in [2.75, 3.05) is 13.1 Å². The largest absolute Gasteiger partial charge is 0.301 e. The lowest BCUT2D eigenvalue weighted by atomic mass is 9.93. The van der Waals surface area contributed by atoms with Gasteiger partial charge in [0.1, 0.15) is 5.69 Å². The molecule has 130 valence electrons. The summed E-state index contributed by atoms with van der Waals surface area (Å²) in [5.74, 6) is 0.686. The van der Waals surface area contributed by atoms with Gasteiger partial charge >= 0.3 is 0 Å². The zero-order chi connectivity index (χ0) is 16.9. The summed E-state index contributed by atoms with van der Waals surface area (Å²) in [6.45, 7) is 10.1. The fraction of sp³-hybridized carbons (Fsp3) is 0.632. The van der Waals surface area contributed by atoms with Crippen molar-refractivity contribution in [2.45, 2.75) is 59.0 Å². The summed E-state index contributed by atoms with van der Waals surface area (Å²) in [6.07, 6.45) is 10.3. The minimum absolute atomic E-state index is 0.633. The van der Waals surface area contributed by atoms with Crippen molar-refractivity contribution >= 4 is 0 Å². The van der Waals surface area contributed by atoms with Gasteiger partial charge in [0.2, 0.25) is 0 Å². The molecule has 3 rings (SSSR count). The molecule has 0 N–H and O–H groups in total. The lowest BCUT2D eigenvalue weighted by Gasteiger charge is -2.35. The van der Waals surface area contributed by atoms with Crippen LogP contribution in [0.2, 0.25) is 0 Å². The fourth-order valence-electron chi connectivity index (χ4n) is 3.60. The number of likely N-dealkylation sites (tertiary alicyclic amines) is 1. The van der Waals surface area contributed by atoms with E-state index in [9.17, 15) is 0 Å². The van der Waals surface area contributed by atoms with Crippen molar-refractivity contribution in [1.82, 2.24) is 24.6 Å². The summed E-state index contributed by atoms with van der Waals surface area (Å²) in [5.41, 5.74) is 3.11. The summed E-state index contributed by atoms with van der Waals surface area (Å²) in [4.78, 5) is 11.9. The highest BCUT2D eigenvalue weighted by Crippen LogP contribution is 2.23. The van der Waals surface area contributed by atoms with Gasteiger partial charge in [-0.1, -0.05) is 6.92 Å². The smallest absolute Gasteiger partial charge is 0.107 e. The van der Waals surface area contributed by atoms with E-state index in [2.05, 4.69) is 35.8 Å². The molecule has 0 aliphatic carbocycles. The summed E-state index contributed by atoms with van der Waals surface area (Å²) in [5, 5.41) is 4.40. The van der Waals surface area contributed by atoms with Crippen LogP contribution in [0.3, 0.4) is 0 Å². The SMILES string of the molecule is CCCn1nccc1-c1cncc(C[C@H]2CCCN(C(C)C)C2)n1. The Morgan fingerprint density at radius 2 is 2.17 bits per heavy atom. The van der Waals surface area contributed by atoms with Crippen LogP contribution in [0, 0.1) is 5.92 Å². The van der Waals surface area contributed by atoms with E-state index >= 15 is 0 Å². The molecular weight excluding hydrogens is 298 g/mol. The van der Waals surface area contributed by atoms with Crippen LogP contribution < -0.4 is 0 Å². The van der Waals surface area contributed by atoms with Crippen molar-refractivity contribution in [3.63, 3.8) is 0 Å². The molecule has 0 unspecified atom stereocenters. The molecule has 0 aromatic carbocycles. The Balaban J connectivity index is 1.72. The number of piperidine rings is 1. The zero-order valence-corrected chi connectivity index (χ0v) is 15.1. The van der Waals surface area contributed by atoms with Gasteiger partial charge in [-0.05, 0) is 58.1 Å². The molecule has 2 aromatic rings. The Morgan fingerprint density at radius 3 is 2.96 bits per heavy atom. The molecule has 3 heterocycles. The first-order valence-corrected chi connectivity index (χ1v) is 9.24. The van der Waals surface area contributed by atoms with Gasteiger partial charge in [0.25, 0.3) is 0 Å². The predicted octanol–water partition coefficient (Wildman–Crippen LogP) is 3.41. The zero-order valence-electron chi connectivity index (χ0n) is 15.1. The molecule has 1 fully saturated rings. The third-order valence-corrected chi connectivity index (χ3v) is 4.88. The van der Waals surface area contributed by atoms with E-state index in [1.807, 2.05) is 29.3 Å². The average Bonchev–Trinajstić information content (AvgIpc) is 3.04. The number of aryl methyl sites for hydroxylation is 1. The Kier molecular flexibility index (Phi) is 5.61. The number of hydrogen-bond acceptors (Lipinski definition) is 4. The second-order valence-electron chi connectivity index (χ2n) is 7.14. The lowest BCUT2D eigenvalue weighted by molar-refractivity contribution is 0.139. The van der Waals surface area contributed by atoms with Crippen molar-refractivity contribution in [2.24, 2.45) is 5.92 Å². The molecule has 5 heteroatoms. The molecular formula is C19H29N5. The van der Waals surface area contributed by atoms with Crippen LogP contribution >= 0.6 is 0 Å². The molecule has 0 saturated carbocycles. The van der Waals surface area contributed by atoms with Crippen molar-refractivity contribution in [1.29, 1.82) is 0 Å². The minimum atomic E-state index is 0.633. The summed E-state index contributed by atoms with van der Waals surface area (Å²) < 4.78 is 2.02. The third-order valence-electron chi connectivity index (χ3n) is 4.88. The Bertz CT molecular complexity index is 649. The van der Waals surface area contributed by atoms with Crippen LogP contribution in [0.25, 0.3) is 11.4 Å². The summed E-state index contributed by atoms with van der Waals surface area (Å²) in [6, 6.07) is 2.67. The van der Waals surface area contributed by atoms with Gasteiger partial charge in [-0.25, -0.2) is 4.98 Å². The van der Waals surface area contributed by atoms with Gasteiger partial charge < -0.3 is 4.90 Å². The quantitative estimate of drug-likeness (QED) is 0.816. The van der Waals surface area contributed by atoms with E-state index < -0.39 is 0 Å². The molecule has 1 aliphatic rings. The molecule has 0 amide bonds. The Hall–Kier alpha value is -1.75. The second kappa shape index (κ2) is 7.88. The average molecular weight is 327 g/mol. The molecule has 2 aromatic heterocycles. The molecule has 24 heavy (non-hydrogen) atoms. The van der Waals surface area contributed by atoms with Crippen molar-refractivity contribution in [3.05, 3.63) is 30.4 Å². The highest BCUT2D eigenvalue weighted by atomic mass is 15.3. The van der Waals surface area contributed by atoms with E-state index in [0.717, 1.165) is 36.5 Å². The highest BCUT2D eigenvalue weighted by molar-refractivity contribution is 5.52. The Labute approximate surface area is 145 Å². The monoisotopic (exact) mass is 327 g/mol. The van der Waals surface area contributed by atoms with Crippen molar-refractivity contribution in [3.8, 4) is 11.4 Å². The molecule has 0 bridgehead atoms. The maximum Gasteiger partial charge on any atom is 0.107 e. The maximum absolute atomic E-state index is 4.88. The van der Waals surface area contributed by atoms with Crippen LogP contribution in [0.15, 0.2) is 24.7 Å². The summed E-state index contributed by atoms with van der Waals surface area (Å²) in [7, 11) is 0. The van der Waals surface area contributed by atoms with Crippen LogP contribution in [0.1, 0.15) is 45.7 Å². The maximum atomic E-state index is 4.88. The standard InChI is InChI=1S/C19H29N5/c1-4-9-24-19(7-8-21-24)18-13-20-12-17(22-18)11-16-6-5-10-23(14-16)15(2)3/h7-8,12-13,15-16H,4-6,9-11,14H2,1-3H3/t16-/m1/s1. The number of aromatic nitrogens is 4. The molecule has 1 aliphatic heterocycles. The van der Waals surface area contributed by atoms with Crippen LogP contribution in [0.4, 0.5) is 0 Å². The fourth-order valence-corrected chi connectivity index (χ4v) is 3.60. The highest BCUT2D eigenvalue weighted by Gasteiger charge is 2.22. The molecule has 0 spiro atoms. The van der Waals surface area contributed by atoms with Gasteiger partial charge in [-0.3, -0.25) is 9.67 Å². The molecule has 1 saturated heterocycles. The number of nitrogens with zero attached hydrogens (tertiary/aromatic N) is 5. The first kappa shape index (κ1) is 17.1. The molecule has 5 nitrogen and oxygen atoms in total. The van der Waals surface area contributed by atoms with E-state index in [1.54, 1.807) is 0 Å². The number of hydrogen-bond donors (Lipinski definition) is 0. The van der Waals surface area contributed by atoms with Crippen LogP contribution in [-0.4, -0.2) is 43.8 Å². The van der Waals surface area contributed by atoms with E-state index in [0.29, 0.717) is 12.0 Å². The van der Waals surface area contributed by atoms with E-state index in [1.165, 1.54) is 25.9 Å². The van der Waals surface area contributed by atoms with Gasteiger partial charge in [-0.2, -0.15) is 5.10 Å². The van der Waals surface area contributed by atoms with Crippen LogP contribution in [-0.2, 0) is 13.0 Å². The van der Waals surface area contributed by atoms with Crippen molar-refractivity contribution < 1.29 is 0 Å². The lowest BCUT2D eigenvalue weighted by Crippen LogP contribution is -2.40. The van der Waals surface area contributed by atoms with Crippen LogP contribution in [0.5, 0.6) is 0 Å². The van der Waals surface area contributed by atoms with Gasteiger partial charge in [0.15, 0.2) is 0 Å². The van der Waals surface area contributed by atoms with Gasteiger partial charge in [-0.15, -0.1) is 0 Å². The molecule has 0 radical (unpaired) electrons. The van der Waals surface area contributed by atoms with E-state index in [4.69, 9.17) is 4.98 Å². The van der Waals surface area contributed by atoms with E-state index in [-0.39, 0.29) is 0 Å². The first-order valence-electron chi connectivity index (χ1n) is 9.24. The first-order chi connectivity index (χ1) is 11.7. The second-order valence-corrected chi connectivity index (χ2v) is 7.14. The summed E-state index contributed by atoms with van der Waals surface area (Å²) >= 11 is 0. The Morgan fingerprint density at radius 1 is 1.29 bits per heavy atom. The predicted molar refractivity (Wildman–Crippen MR) is 96.7 cm³/mol. The normalized spacial score (nSPS) is 19.1. The number of rotatable bonds is 6. The third kappa shape index (κ3) is 4.01. The van der Waals surface area contributed by atoms with Gasteiger partial charge in [0.05, 0.1) is 17.6 Å². The minimum Gasteiger partial charge on any atom is -0.301 e. The molecule has 1 atom stereocenters. The topological polar surface area (TPSA) is 46.8 Å². The van der Waals surface area contributed by atoms with Gasteiger partial charge in [0, 0.05) is 31.5 Å².